The lowest BCUT2D eigenvalue weighted by molar-refractivity contribution is 0.635. The third kappa shape index (κ3) is 5.17. The van der Waals surface area contributed by atoms with Crippen molar-refractivity contribution in [2.24, 2.45) is 12.0 Å². The van der Waals surface area contributed by atoms with E-state index in [1.807, 2.05) is 24.2 Å². The second kappa shape index (κ2) is 9.36. The molecule has 0 saturated heterocycles. The predicted molar refractivity (Wildman–Crippen MR) is 111 cm³/mol. The molecular formula is C16H27IN6S. The van der Waals surface area contributed by atoms with E-state index in [0.29, 0.717) is 0 Å². The zero-order chi connectivity index (χ0) is 17.0. The van der Waals surface area contributed by atoms with Crippen molar-refractivity contribution in [3.8, 4) is 0 Å². The minimum atomic E-state index is 0. The molecule has 2 aromatic heterocycles. The molecule has 0 radical (unpaired) electrons. The van der Waals surface area contributed by atoms with E-state index in [2.05, 4.69) is 46.5 Å². The highest BCUT2D eigenvalue weighted by molar-refractivity contribution is 14.0. The van der Waals surface area contributed by atoms with E-state index in [9.17, 15) is 0 Å². The first-order valence-corrected chi connectivity index (χ1v) is 8.65. The molecule has 0 spiro atoms. The van der Waals surface area contributed by atoms with E-state index in [4.69, 9.17) is 0 Å². The van der Waals surface area contributed by atoms with Gasteiger partial charge in [0.1, 0.15) is 0 Å². The summed E-state index contributed by atoms with van der Waals surface area (Å²) in [6, 6.07) is 0.269. The second-order valence-corrected chi connectivity index (χ2v) is 6.75. The molecule has 8 heteroatoms. The van der Waals surface area contributed by atoms with Gasteiger partial charge >= 0.3 is 0 Å². The first-order chi connectivity index (χ1) is 10.9. The highest BCUT2D eigenvalue weighted by Gasteiger charge is 2.14. The lowest BCUT2D eigenvalue weighted by atomic mass is 10.1. The second-order valence-electron chi connectivity index (χ2n) is 5.81. The molecule has 134 valence electrons. The maximum absolute atomic E-state index is 4.48. The van der Waals surface area contributed by atoms with Gasteiger partial charge in [0, 0.05) is 30.7 Å². The number of guanidine groups is 1. The monoisotopic (exact) mass is 462 g/mol. The maximum Gasteiger partial charge on any atom is 0.191 e. The van der Waals surface area contributed by atoms with E-state index in [0.717, 1.165) is 30.3 Å². The molecule has 0 aliphatic carbocycles. The van der Waals surface area contributed by atoms with Gasteiger partial charge in [-0.25, -0.2) is 4.98 Å². The summed E-state index contributed by atoms with van der Waals surface area (Å²) in [6.45, 7) is 9.11. The van der Waals surface area contributed by atoms with Gasteiger partial charge in [0.2, 0.25) is 0 Å². The van der Waals surface area contributed by atoms with Crippen molar-refractivity contribution in [3.63, 3.8) is 0 Å². The molecular weight excluding hydrogens is 435 g/mol. The Morgan fingerprint density at radius 2 is 2.04 bits per heavy atom. The number of aliphatic imine (C=N–C) groups is 1. The molecule has 0 aromatic carbocycles. The van der Waals surface area contributed by atoms with Crippen molar-refractivity contribution >= 4 is 41.3 Å². The molecule has 24 heavy (non-hydrogen) atoms. The largest absolute Gasteiger partial charge is 0.354 e. The number of thiazole rings is 1. The van der Waals surface area contributed by atoms with E-state index in [1.54, 1.807) is 18.4 Å². The molecule has 0 amide bonds. The van der Waals surface area contributed by atoms with Crippen LogP contribution in [0.5, 0.6) is 0 Å². The lowest BCUT2D eigenvalue weighted by Crippen LogP contribution is -2.42. The average molecular weight is 462 g/mol. The molecule has 2 N–H and O–H groups in total. The Morgan fingerprint density at radius 3 is 2.54 bits per heavy atom. The number of aromatic nitrogens is 3. The minimum Gasteiger partial charge on any atom is -0.354 e. The lowest BCUT2D eigenvalue weighted by Gasteiger charge is -2.18. The van der Waals surface area contributed by atoms with E-state index in [1.165, 1.54) is 16.1 Å². The van der Waals surface area contributed by atoms with E-state index in [-0.39, 0.29) is 30.0 Å². The molecule has 2 rings (SSSR count). The maximum atomic E-state index is 4.48. The summed E-state index contributed by atoms with van der Waals surface area (Å²) in [7, 11) is 3.78. The highest BCUT2D eigenvalue weighted by atomic mass is 127. The molecule has 0 fully saturated rings. The fourth-order valence-electron chi connectivity index (χ4n) is 2.56. The number of aryl methyl sites for hydroxylation is 3. The summed E-state index contributed by atoms with van der Waals surface area (Å²) in [5.74, 6) is 0.810. The zero-order valence-corrected chi connectivity index (χ0v) is 18.3. The number of hydrogen-bond donors (Lipinski definition) is 2. The first-order valence-electron chi connectivity index (χ1n) is 7.77. The van der Waals surface area contributed by atoms with Gasteiger partial charge in [-0.15, -0.1) is 35.3 Å². The Labute approximate surface area is 165 Å². The van der Waals surface area contributed by atoms with Crippen LogP contribution in [0.25, 0.3) is 0 Å². The van der Waals surface area contributed by atoms with Gasteiger partial charge in [-0.1, -0.05) is 0 Å². The van der Waals surface area contributed by atoms with Gasteiger partial charge in [0.15, 0.2) is 5.96 Å². The molecule has 0 bridgehead atoms. The molecule has 2 aromatic rings. The Morgan fingerprint density at radius 1 is 1.33 bits per heavy atom. The van der Waals surface area contributed by atoms with Crippen molar-refractivity contribution in [2.75, 3.05) is 7.05 Å². The van der Waals surface area contributed by atoms with Gasteiger partial charge in [0.25, 0.3) is 0 Å². The van der Waals surface area contributed by atoms with Crippen LogP contribution in [0.4, 0.5) is 0 Å². The summed E-state index contributed by atoms with van der Waals surface area (Å²) in [5.41, 5.74) is 6.58. The summed E-state index contributed by atoms with van der Waals surface area (Å²) in [5, 5.41) is 11.3. The summed E-state index contributed by atoms with van der Waals surface area (Å²) in [6.07, 6.45) is 0.922. The van der Waals surface area contributed by atoms with Gasteiger partial charge < -0.3 is 10.6 Å². The van der Waals surface area contributed by atoms with Gasteiger partial charge in [-0.3, -0.25) is 9.67 Å². The molecule has 0 aliphatic heterocycles. The van der Waals surface area contributed by atoms with Gasteiger partial charge in [-0.2, -0.15) is 5.10 Å². The molecule has 0 aliphatic rings. The van der Waals surface area contributed by atoms with Crippen molar-refractivity contribution in [3.05, 3.63) is 33.0 Å². The topological polar surface area (TPSA) is 67.1 Å². The first kappa shape index (κ1) is 20.9. The standard InChI is InChI=1S/C16H26N6S.HI/c1-10(7-14-11(2)21-22(6)13(14)4)20-16(17-5)18-8-15-12(3)19-9-23-15;/h9-10H,7-8H2,1-6H3,(H2,17,18,20);1H. The van der Waals surface area contributed by atoms with E-state index >= 15 is 0 Å². The fourth-order valence-corrected chi connectivity index (χ4v) is 3.27. The normalized spacial score (nSPS) is 12.7. The Kier molecular flexibility index (Phi) is 8.14. The number of nitrogens with zero attached hydrogens (tertiary/aromatic N) is 4. The number of nitrogens with one attached hydrogen (secondary N) is 2. The summed E-state index contributed by atoms with van der Waals surface area (Å²) < 4.78 is 1.94. The van der Waals surface area contributed by atoms with Crippen LogP contribution in [-0.2, 0) is 20.0 Å². The van der Waals surface area contributed by atoms with Crippen molar-refractivity contribution in [1.82, 2.24) is 25.4 Å². The number of hydrogen-bond acceptors (Lipinski definition) is 4. The van der Waals surface area contributed by atoms with Crippen molar-refractivity contribution in [2.45, 2.75) is 46.7 Å². The van der Waals surface area contributed by atoms with Gasteiger partial charge in [0.05, 0.1) is 23.4 Å². The van der Waals surface area contributed by atoms with Crippen LogP contribution in [0, 0.1) is 20.8 Å². The van der Waals surface area contributed by atoms with Crippen LogP contribution >= 0.6 is 35.3 Å². The van der Waals surface area contributed by atoms with Crippen molar-refractivity contribution in [1.29, 1.82) is 0 Å². The minimum absolute atomic E-state index is 0. The highest BCUT2D eigenvalue weighted by Crippen LogP contribution is 2.14. The molecule has 1 unspecified atom stereocenters. The predicted octanol–water partition coefficient (Wildman–Crippen LogP) is 2.72. The molecule has 1 atom stereocenters. The molecule has 0 saturated carbocycles. The van der Waals surface area contributed by atoms with Crippen LogP contribution in [0.2, 0.25) is 0 Å². The Hall–Kier alpha value is -1.16. The summed E-state index contributed by atoms with van der Waals surface area (Å²) in [4.78, 5) is 9.81. The van der Waals surface area contributed by atoms with E-state index < -0.39 is 0 Å². The third-order valence-electron chi connectivity index (χ3n) is 4.04. The quantitative estimate of drug-likeness (QED) is 0.408. The SMILES string of the molecule is CN=C(NCc1scnc1C)NC(C)Cc1c(C)nn(C)c1C.I. The van der Waals surface area contributed by atoms with Crippen LogP contribution in [0.3, 0.4) is 0 Å². The number of halogens is 1. The third-order valence-corrected chi connectivity index (χ3v) is 4.97. The zero-order valence-electron chi connectivity index (χ0n) is 15.2. The van der Waals surface area contributed by atoms with Gasteiger partial charge in [-0.05, 0) is 39.7 Å². The van der Waals surface area contributed by atoms with Crippen LogP contribution in [-0.4, -0.2) is 33.8 Å². The Bertz CT molecular complexity index is 691. The number of rotatable bonds is 5. The molecule has 2 heterocycles. The smallest absolute Gasteiger partial charge is 0.191 e. The molecule has 6 nitrogen and oxygen atoms in total. The van der Waals surface area contributed by atoms with Crippen LogP contribution in [0.1, 0.15) is 34.4 Å². The average Bonchev–Trinajstić information content (AvgIpc) is 3.02. The van der Waals surface area contributed by atoms with Crippen LogP contribution < -0.4 is 10.6 Å². The summed E-state index contributed by atoms with van der Waals surface area (Å²) >= 11 is 1.66. The Balaban J connectivity index is 0.00000288. The van der Waals surface area contributed by atoms with Crippen LogP contribution in [0.15, 0.2) is 10.5 Å². The van der Waals surface area contributed by atoms with Crippen molar-refractivity contribution < 1.29 is 0 Å². The fraction of sp³-hybridized carbons (Fsp3) is 0.562.